The largest absolute Gasteiger partial charge is 0.399 e. The lowest BCUT2D eigenvalue weighted by Gasteiger charge is -2.19. The lowest BCUT2D eigenvalue weighted by atomic mass is 10.1. The number of rotatable bonds is 1. The summed E-state index contributed by atoms with van der Waals surface area (Å²) in [5.41, 5.74) is 6.08. The van der Waals surface area contributed by atoms with E-state index in [1.807, 2.05) is 0 Å². The molecule has 17 heavy (non-hydrogen) atoms. The van der Waals surface area contributed by atoms with Crippen LogP contribution in [0.5, 0.6) is 0 Å². The molecular formula is C12H15FN2O2. The average Bonchev–Trinajstić information content (AvgIpc) is 2.55. The molecule has 2 N–H and O–H groups in total. The van der Waals surface area contributed by atoms with E-state index in [0.29, 0.717) is 31.9 Å². The second kappa shape index (κ2) is 5.14. The van der Waals surface area contributed by atoms with Crippen molar-refractivity contribution in [2.24, 2.45) is 0 Å². The van der Waals surface area contributed by atoms with Gasteiger partial charge in [0.15, 0.2) is 0 Å². The topological polar surface area (TPSA) is 55.6 Å². The van der Waals surface area contributed by atoms with Crippen molar-refractivity contribution >= 4 is 11.6 Å². The van der Waals surface area contributed by atoms with Crippen molar-refractivity contribution in [1.82, 2.24) is 4.90 Å². The summed E-state index contributed by atoms with van der Waals surface area (Å²) in [6.45, 7) is 2.36. The number of amides is 1. The first-order valence-corrected chi connectivity index (χ1v) is 5.60. The Morgan fingerprint density at radius 2 is 2.12 bits per heavy atom. The lowest BCUT2D eigenvalue weighted by Crippen LogP contribution is -2.33. The van der Waals surface area contributed by atoms with Crippen LogP contribution in [-0.2, 0) is 4.74 Å². The number of carbonyl (C=O) groups is 1. The summed E-state index contributed by atoms with van der Waals surface area (Å²) in [5, 5.41) is 0. The van der Waals surface area contributed by atoms with Crippen molar-refractivity contribution in [3.05, 3.63) is 29.6 Å². The van der Waals surface area contributed by atoms with Gasteiger partial charge in [-0.3, -0.25) is 4.79 Å². The van der Waals surface area contributed by atoms with Crippen LogP contribution in [-0.4, -0.2) is 37.1 Å². The molecule has 1 amide bonds. The normalized spacial score (nSPS) is 16.6. The molecule has 1 fully saturated rings. The van der Waals surface area contributed by atoms with Gasteiger partial charge in [0, 0.05) is 30.9 Å². The maximum atomic E-state index is 13.2. The van der Waals surface area contributed by atoms with Gasteiger partial charge in [0.05, 0.1) is 6.61 Å². The molecule has 1 aliphatic heterocycles. The van der Waals surface area contributed by atoms with E-state index in [2.05, 4.69) is 0 Å². The zero-order chi connectivity index (χ0) is 12.3. The highest BCUT2D eigenvalue weighted by Gasteiger charge is 2.18. The number of anilines is 1. The van der Waals surface area contributed by atoms with E-state index in [4.69, 9.17) is 10.5 Å². The highest BCUT2D eigenvalue weighted by Crippen LogP contribution is 2.14. The fraction of sp³-hybridized carbons (Fsp3) is 0.417. The van der Waals surface area contributed by atoms with Gasteiger partial charge in [-0.2, -0.15) is 0 Å². The van der Waals surface area contributed by atoms with Crippen LogP contribution in [0.1, 0.15) is 16.8 Å². The SMILES string of the molecule is Nc1cc(F)cc(C(=O)N2CCCOCC2)c1. The number of benzene rings is 1. The second-order valence-electron chi connectivity index (χ2n) is 4.03. The highest BCUT2D eigenvalue weighted by atomic mass is 19.1. The fourth-order valence-corrected chi connectivity index (χ4v) is 1.87. The molecule has 4 nitrogen and oxygen atoms in total. The molecule has 0 aliphatic carbocycles. The van der Waals surface area contributed by atoms with E-state index in [0.717, 1.165) is 6.42 Å². The van der Waals surface area contributed by atoms with Crippen LogP contribution < -0.4 is 5.73 Å². The van der Waals surface area contributed by atoms with E-state index >= 15 is 0 Å². The molecule has 0 spiro atoms. The quantitative estimate of drug-likeness (QED) is 0.750. The molecule has 1 aromatic rings. The van der Waals surface area contributed by atoms with Gasteiger partial charge >= 0.3 is 0 Å². The minimum Gasteiger partial charge on any atom is -0.399 e. The number of nitrogens with zero attached hydrogens (tertiary/aromatic N) is 1. The summed E-state index contributed by atoms with van der Waals surface area (Å²) in [4.78, 5) is 13.8. The molecule has 0 atom stereocenters. The first kappa shape index (κ1) is 11.9. The Kier molecular flexibility index (Phi) is 3.58. The zero-order valence-electron chi connectivity index (χ0n) is 9.49. The van der Waals surface area contributed by atoms with E-state index < -0.39 is 5.82 Å². The average molecular weight is 238 g/mol. The number of halogens is 1. The van der Waals surface area contributed by atoms with Crippen molar-refractivity contribution < 1.29 is 13.9 Å². The Morgan fingerprint density at radius 3 is 2.88 bits per heavy atom. The number of ether oxygens (including phenoxy) is 1. The van der Waals surface area contributed by atoms with Gasteiger partial charge in [0.25, 0.3) is 5.91 Å². The Bertz CT molecular complexity index is 395. The smallest absolute Gasteiger partial charge is 0.254 e. The predicted octanol–water partition coefficient (Wildman–Crippen LogP) is 1.27. The molecule has 1 heterocycles. The standard InChI is InChI=1S/C12H15FN2O2/c13-10-6-9(7-11(14)8-10)12(16)15-2-1-4-17-5-3-15/h6-8H,1-5,14H2. The van der Waals surface area contributed by atoms with E-state index in [-0.39, 0.29) is 11.6 Å². The van der Waals surface area contributed by atoms with Gasteiger partial charge in [-0.1, -0.05) is 0 Å². The minimum absolute atomic E-state index is 0.193. The van der Waals surface area contributed by atoms with Gasteiger partial charge in [-0.15, -0.1) is 0 Å². The number of carbonyl (C=O) groups excluding carboxylic acids is 1. The molecule has 0 bridgehead atoms. The summed E-state index contributed by atoms with van der Waals surface area (Å²) >= 11 is 0. The molecule has 1 saturated heterocycles. The van der Waals surface area contributed by atoms with Gasteiger partial charge < -0.3 is 15.4 Å². The van der Waals surface area contributed by atoms with Crippen molar-refractivity contribution in [3.63, 3.8) is 0 Å². The van der Waals surface area contributed by atoms with Crippen LogP contribution in [0.3, 0.4) is 0 Å². The van der Waals surface area contributed by atoms with Gasteiger partial charge in [0.2, 0.25) is 0 Å². The summed E-state index contributed by atoms with van der Waals surface area (Å²) in [7, 11) is 0. The van der Waals surface area contributed by atoms with Crippen molar-refractivity contribution in [2.75, 3.05) is 32.0 Å². The van der Waals surface area contributed by atoms with Crippen LogP contribution in [0.2, 0.25) is 0 Å². The first-order valence-electron chi connectivity index (χ1n) is 5.60. The summed E-state index contributed by atoms with van der Waals surface area (Å²) in [6.07, 6.45) is 0.802. The third-order valence-electron chi connectivity index (χ3n) is 2.68. The Labute approximate surface area is 99.2 Å². The number of nitrogen functional groups attached to an aromatic ring is 1. The molecule has 0 unspecified atom stereocenters. The Balaban J connectivity index is 2.17. The van der Waals surface area contributed by atoms with E-state index in [1.54, 1.807) is 4.90 Å². The van der Waals surface area contributed by atoms with Crippen molar-refractivity contribution in [2.45, 2.75) is 6.42 Å². The Morgan fingerprint density at radius 1 is 1.29 bits per heavy atom. The maximum absolute atomic E-state index is 13.2. The molecule has 0 aromatic heterocycles. The first-order chi connectivity index (χ1) is 8.16. The number of hydrogen-bond donors (Lipinski definition) is 1. The molecule has 92 valence electrons. The lowest BCUT2D eigenvalue weighted by molar-refractivity contribution is 0.0741. The monoisotopic (exact) mass is 238 g/mol. The fourth-order valence-electron chi connectivity index (χ4n) is 1.87. The number of nitrogens with two attached hydrogens (primary N) is 1. The molecule has 2 rings (SSSR count). The molecule has 1 aliphatic rings. The van der Waals surface area contributed by atoms with Crippen LogP contribution in [0.15, 0.2) is 18.2 Å². The molecule has 1 aromatic carbocycles. The predicted molar refractivity (Wildman–Crippen MR) is 62.2 cm³/mol. The number of hydrogen-bond acceptors (Lipinski definition) is 3. The Hall–Kier alpha value is -1.62. The van der Waals surface area contributed by atoms with Crippen LogP contribution in [0.25, 0.3) is 0 Å². The summed E-state index contributed by atoms with van der Waals surface area (Å²) < 4.78 is 18.4. The molecule has 5 heteroatoms. The van der Waals surface area contributed by atoms with Gasteiger partial charge in [-0.05, 0) is 24.6 Å². The van der Waals surface area contributed by atoms with Crippen LogP contribution in [0.4, 0.5) is 10.1 Å². The summed E-state index contributed by atoms with van der Waals surface area (Å²) in [5.74, 6) is -0.680. The van der Waals surface area contributed by atoms with Crippen LogP contribution >= 0.6 is 0 Å². The second-order valence-corrected chi connectivity index (χ2v) is 4.03. The van der Waals surface area contributed by atoms with Crippen molar-refractivity contribution in [3.8, 4) is 0 Å². The van der Waals surface area contributed by atoms with Gasteiger partial charge in [-0.25, -0.2) is 4.39 Å². The van der Waals surface area contributed by atoms with E-state index in [9.17, 15) is 9.18 Å². The molecule has 0 saturated carbocycles. The molecular weight excluding hydrogens is 223 g/mol. The van der Waals surface area contributed by atoms with Crippen molar-refractivity contribution in [1.29, 1.82) is 0 Å². The molecule has 0 radical (unpaired) electrons. The highest BCUT2D eigenvalue weighted by molar-refractivity contribution is 5.95. The third kappa shape index (κ3) is 2.94. The van der Waals surface area contributed by atoms with Crippen LogP contribution in [0, 0.1) is 5.82 Å². The minimum atomic E-state index is -0.487. The maximum Gasteiger partial charge on any atom is 0.254 e. The zero-order valence-corrected chi connectivity index (χ0v) is 9.49. The van der Waals surface area contributed by atoms with E-state index in [1.165, 1.54) is 18.2 Å². The third-order valence-corrected chi connectivity index (χ3v) is 2.68. The van der Waals surface area contributed by atoms with Gasteiger partial charge in [0.1, 0.15) is 5.82 Å². The summed E-state index contributed by atoms with van der Waals surface area (Å²) in [6, 6.07) is 3.91.